The highest BCUT2D eigenvalue weighted by atomic mass is 16.6. The maximum absolute atomic E-state index is 12.6. The number of benzene rings is 1. The summed E-state index contributed by atoms with van der Waals surface area (Å²) < 4.78 is 5.54. The number of hydrogen-bond acceptors (Lipinski definition) is 3. The molecule has 1 heterocycles. The van der Waals surface area contributed by atoms with Crippen LogP contribution in [0.5, 0.6) is 0 Å². The van der Waals surface area contributed by atoms with Gasteiger partial charge in [0, 0.05) is 11.3 Å². The van der Waals surface area contributed by atoms with Crippen LogP contribution in [0.3, 0.4) is 0 Å². The molecular formula is C20H22O3. The van der Waals surface area contributed by atoms with E-state index in [9.17, 15) is 9.59 Å². The van der Waals surface area contributed by atoms with Crippen LogP contribution in [0.15, 0.2) is 30.4 Å². The van der Waals surface area contributed by atoms with E-state index in [-0.39, 0.29) is 29.0 Å². The van der Waals surface area contributed by atoms with Crippen molar-refractivity contribution in [2.45, 2.75) is 51.6 Å². The van der Waals surface area contributed by atoms with Gasteiger partial charge in [-0.15, -0.1) is 0 Å². The van der Waals surface area contributed by atoms with E-state index in [1.54, 1.807) is 6.08 Å². The number of hydrogen-bond donors (Lipinski definition) is 0. The van der Waals surface area contributed by atoms with Crippen LogP contribution in [-0.4, -0.2) is 17.9 Å². The fourth-order valence-corrected chi connectivity index (χ4v) is 4.81. The van der Waals surface area contributed by atoms with E-state index in [4.69, 9.17) is 4.74 Å². The topological polar surface area (TPSA) is 43.4 Å². The van der Waals surface area contributed by atoms with Gasteiger partial charge in [0.05, 0.1) is 5.92 Å². The third-order valence-electron chi connectivity index (χ3n) is 6.61. The minimum Gasteiger partial charge on any atom is -0.453 e. The summed E-state index contributed by atoms with van der Waals surface area (Å²) in [6.07, 6.45) is 3.88. The summed E-state index contributed by atoms with van der Waals surface area (Å²) in [7, 11) is 0. The lowest BCUT2D eigenvalue weighted by Gasteiger charge is -2.51. The van der Waals surface area contributed by atoms with Crippen LogP contribution in [0.2, 0.25) is 0 Å². The Balaban J connectivity index is 2.07. The molecule has 0 N–H and O–H groups in total. The second kappa shape index (κ2) is 4.34. The first-order valence-corrected chi connectivity index (χ1v) is 8.38. The number of ketones is 1. The molecule has 1 saturated heterocycles. The number of carbonyl (C=O) groups excluding carboxylic acids is 2. The lowest BCUT2D eigenvalue weighted by atomic mass is 9.49. The fraction of sp³-hybridized carbons (Fsp3) is 0.500. The molecule has 0 aromatic heterocycles. The average Bonchev–Trinajstić information content (AvgIpc) is 2.83. The van der Waals surface area contributed by atoms with Gasteiger partial charge in [-0.1, -0.05) is 52.0 Å². The molecule has 1 aromatic carbocycles. The number of esters is 1. The monoisotopic (exact) mass is 310 g/mol. The van der Waals surface area contributed by atoms with Gasteiger partial charge in [0.2, 0.25) is 0 Å². The fourth-order valence-electron chi connectivity index (χ4n) is 4.81. The molecule has 0 amide bonds. The van der Waals surface area contributed by atoms with Gasteiger partial charge in [0.15, 0.2) is 11.9 Å². The summed E-state index contributed by atoms with van der Waals surface area (Å²) in [5, 5.41) is 0. The Bertz CT molecular complexity index is 758. The Kier molecular flexibility index (Phi) is 2.77. The van der Waals surface area contributed by atoms with Crippen LogP contribution in [-0.2, 0) is 26.2 Å². The molecular weight excluding hydrogens is 288 g/mol. The smallest absolute Gasteiger partial charge is 0.311 e. The predicted molar refractivity (Wildman–Crippen MR) is 87.2 cm³/mol. The standard InChI is InChI=1S/C20H22O3/c1-5-11-6-7-13-12(10-11)15-16-18(22)23-17(15)14(21)8-9-20(16,4)19(13,2)3/h6-10,15-17H,5H2,1-4H3/t15-,16+,17-,20-/m1/s1. The van der Waals surface area contributed by atoms with Crippen molar-refractivity contribution in [3.63, 3.8) is 0 Å². The Hall–Kier alpha value is -1.90. The van der Waals surface area contributed by atoms with Gasteiger partial charge in [0.25, 0.3) is 0 Å². The molecule has 0 unspecified atom stereocenters. The van der Waals surface area contributed by atoms with Crippen LogP contribution in [0.25, 0.3) is 0 Å². The van der Waals surface area contributed by atoms with Gasteiger partial charge < -0.3 is 4.74 Å². The van der Waals surface area contributed by atoms with Crippen molar-refractivity contribution in [1.29, 1.82) is 0 Å². The Morgan fingerprint density at radius 3 is 2.61 bits per heavy atom. The number of carbonyl (C=O) groups is 2. The molecule has 0 spiro atoms. The van der Waals surface area contributed by atoms with Crippen molar-refractivity contribution < 1.29 is 14.3 Å². The summed E-state index contributed by atoms with van der Waals surface area (Å²) in [5.74, 6) is -0.754. The molecule has 1 aliphatic heterocycles. The van der Waals surface area contributed by atoms with E-state index in [0.717, 1.165) is 12.0 Å². The number of fused-ring (bicyclic) bond motifs is 1. The van der Waals surface area contributed by atoms with Gasteiger partial charge >= 0.3 is 5.97 Å². The zero-order valence-electron chi connectivity index (χ0n) is 14.1. The van der Waals surface area contributed by atoms with E-state index in [2.05, 4.69) is 45.9 Å². The molecule has 4 atom stereocenters. The quantitative estimate of drug-likeness (QED) is 0.747. The third kappa shape index (κ3) is 1.60. The molecule has 1 fully saturated rings. The highest BCUT2D eigenvalue weighted by Gasteiger charge is 2.64. The van der Waals surface area contributed by atoms with Crippen LogP contribution in [0, 0.1) is 11.3 Å². The van der Waals surface area contributed by atoms with Crippen molar-refractivity contribution in [1.82, 2.24) is 0 Å². The average molecular weight is 310 g/mol. The maximum atomic E-state index is 12.6. The number of rotatable bonds is 1. The van der Waals surface area contributed by atoms with Gasteiger partial charge in [-0.2, -0.15) is 0 Å². The molecule has 1 aromatic rings. The first-order chi connectivity index (χ1) is 10.8. The maximum Gasteiger partial charge on any atom is 0.311 e. The van der Waals surface area contributed by atoms with E-state index >= 15 is 0 Å². The molecule has 4 rings (SSSR count). The molecule has 23 heavy (non-hydrogen) atoms. The van der Waals surface area contributed by atoms with Crippen molar-refractivity contribution >= 4 is 11.8 Å². The van der Waals surface area contributed by atoms with Crippen molar-refractivity contribution in [2.24, 2.45) is 11.3 Å². The van der Waals surface area contributed by atoms with Crippen LogP contribution in [0.4, 0.5) is 0 Å². The molecule has 3 aliphatic rings. The highest BCUT2D eigenvalue weighted by molar-refractivity contribution is 6.00. The lowest BCUT2D eigenvalue weighted by Crippen LogP contribution is -2.50. The Labute approximate surface area is 136 Å². The van der Waals surface area contributed by atoms with Crippen LogP contribution in [0.1, 0.15) is 50.3 Å². The van der Waals surface area contributed by atoms with Gasteiger partial charge in [0.1, 0.15) is 0 Å². The summed E-state index contributed by atoms with van der Waals surface area (Å²) >= 11 is 0. The van der Waals surface area contributed by atoms with Crippen LogP contribution < -0.4 is 0 Å². The van der Waals surface area contributed by atoms with Crippen molar-refractivity contribution in [3.05, 3.63) is 47.0 Å². The molecule has 0 saturated carbocycles. The second-order valence-electron chi connectivity index (χ2n) is 7.78. The lowest BCUT2D eigenvalue weighted by molar-refractivity contribution is -0.150. The van der Waals surface area contributed by atoms with Crippen molar-refractivity contribution in [3.8, 4) is 0 Å². The summed E-state index contributed by atoms with van der Waals surface area (Å²) in [5.41, 5.74) is 2.94. The van der Waals surface area contributed by atoms with Gasteiger partial charge in [-0.05, 0) is 34.6 Å². The number of aryl methyl sites for hydroxylation is 1. The Morgan fingerprint density at radius 2 is 1.91 bits per heavy atom. The molecule has 4 bridgehead atoms. The first kappa shape index (κ1) is 14.7. The molecule has 2 aliphatic carbocycles. The number of allylic oxidation sites excluding steroid dienone is 1. The van der Waals surface area contributed by atoms with Crippen molar-refractivity contribution in [2.75, 3.05) is 0 Å². The zero-order chi connectivity index (χ0) is 16.6. The molecule has 120 valence electrons. The van der Waals surface area contributed by atoms with Gasteiger partial charge in [-0.3, -0.25) is 9.59 Å². The van der Waals surface area contributed by atoms with Crippen LogP contribution >= 0.6 is 0 Å². The molecule has 3 heteroatoms. The van der Waals surface area contributed by atoms with Gasteiger partial charge in [-0.25, -0.2) is 0 Å². The molecule has 0 radical (unpaired) electrons. The highest BCUT2D eigenvalue weighted by Crippen LogP contribution is 2.62. The third-order valence-corrected chi connectivity index (χ3v) is 6.61. The summed E-state index contributed by atoms with van der Waals surface area (Å²) in [4.78, 5) is 25.1. The SMILES string of the molecule is CCc1ccc2c(c1)[C@H]1[C@@H]3OC(=O)[C@H]1[C@@](C)(C=CC3=O)C2(C)C. The molecule has 3 nitrogen and oxygen atoms in total. The predicted octanol–water partition coefficient (Wildman–Crippen LogP) is 3.31. The summed E-state index contributed by atoms with van der Waals surface area (Å²) in [6, 6.07) is 6.53. The van der Waals surface area contributed by atoms with E-state index in [0.29, 0.717) is 0 Å². The summed E-state index contributed by atoms with van der Waals surface area (Å²) in [6.45, 7) is 8.57. The zero-order valence-corrected chi connectivity index (χ0v) is 14.1. The van der Waals surface area contributed by atoms with E-state index in [1.807, 2.05) is 6.08 Å². The normalized spacial score (nSPS) is 36.4. The minimum absolute atomic E-state index is 0.0832. The first-order valence-electron chi connectivity index (χ1n) is 8.38. The minimum atomic E-state index is -0.660. The Morgan fingerprint density at radius 1 is 1.17 bits per heavy atom. The van der Waals surface area contributed by atoms with E-state index < -0.39 is 11.5 Å². The second-order valence-corrected chi connectivity index (χ2v) is 7.78. The number of ether oxygens (including phenoxy) is 1. The largest absolute Gasteiger partial charge is 0.453 e. The van der Waals surface area contributed by atoms with E-state index in [1.165, 1.54) is 11.1 Å².